The number of fused-ring (bicyclic) bond motifs is 2. The monoisotopic (exact) mass is 392 g/mol. The molecule has 0 heterocycles. The summed E-state index contributed by atoms with van der Waals surface area (Å²) in [4.78, 5) is 23.0. The van der Waals surface area contributed by atoms with E-state index >= 15 is 0 Å². The Bertz CT molecular complexity index is 609. The molecule has 0 N–H and O–H groups in total. The molecule has 0 aromatic rings. The molecule has 2 saturated carbocycles. The van der Waals surface area contributed by atoms with Gasteiger partial charge in [0.05, 0.1) is 12.5 Å². The summed E-state index contributed by atoms with van der Waals surface area (Å²) < 4.78 is 33.3. The first-order valence-corrected chi connectivity index (χ1v) is 12.5. The highest BCUT2D eigenvalue weighted by Crippen LogP contribution is 2.64. The van der Waals surface area contributed by atoms with Crippen LogP contribution in [0.25, 0.3) is 0 Å². The number of hydrogen-bond acceptors (Lipinski definition) is 5. The van der Waals surface area contributed by atoms with E-state index in [0.29, 0.717) is 29.5 Å². The maximum Gasteiger partial charge on any atom is 0.181 e. The van der Waals surface area contributed by atoms with Gasteiger partial charge in [0.1, 0.15) is 15.4 Å². The van der Waals surface area contributed by atoms with Crippen LogP contribution in [0.5, 0.6) is 0 Å². The van der Waals surface area contributed by atoms with Crippen LogP contribution in [0.1, 0.15) is 59.8 Å². The number of unbranched alkanes of at least 4 members (excludes halogenated alkanes) is 1. The van der Waals surface area contributed by atoms with Crippen LogP contribution in [-0.4, -0.2) is 48.1 Å². The van der Waals surface area contributed by atoms with E-state index in [-0.39, 0.29) is 17.1 Å². The molecule has 0 spiro atoms. The topological polar surface area (TPSA) is 91.3 Å². The quantitative estimate of drug-likeness (QED) is 0.512. The van der Waals surface area contributed by atoms with E-state index in [1.165, 1.54) is 0 Å². The minimum absolute atomic E-state index is 0.294. The van der Waals surface area contributed by atoms with Crippen molar-refractivity contribution in [2.45, 2.75) is 65.0 Å². The van der Waals surface area contributed by atoms with Gasteiger partial charge in [-0.25, -0.2) is 8.42 Å². The third-order valence-corrected chi connectivity index (χ3v) is 8.11. The van der Waals surface area contributed by atoms with E-state index in [0.717, 1.165) is 25.0 Å². The van der Waals surface area contributed by atoms with Gasteiger partial charge in [0.15, 0.2) is 17.3 Å². The van der Waals surface area contributed by atoms with Crippen LogP contribution >= 0.6 is 0 Å². The van der Waals surface area contributed by atoms with Gasteiger partial charge in [0, 0.05) is 11.8 Å². The van der Waals surface area contributed by atoms with Crippen LogP contribution in [0.15, 0.2) is 0 Å². The lowest BCUT2D eigenvalue weighted by Gasteiger charge is -2.32. The smallest absolute Gasteiger partial charge is 0.181 e. The highest BCUT2D eigenvalue weighted by Gasteiger charge is 2.67. The van der Waals surface area contributed by atoms with E-state index in [4.69, 9.17) is 0 Å². The van der Waals surface area contributed by atoms with Crippen molar-refractivity contribution in [1.82, 2.24) is 0 Å². The second-order valence-corrected chi connectivity index (χ2v) is 12.0. The van der Waals surface area contributed by atoms with Gasteiger partial charge in [0.25, 0.3) is 0 Å². The molecule has 2 aliphatic carbocycles. The highest BCUT2D eigenvalue weighted by atomic mass is 32.2. The molecular formula is C18H32O5S2. The van der Waals surface area contributed by atoms with Crippen LogP contribution < -0.4 is 0 Å². The summed E-state index contributed by atoms with van der Waals surface area (Å²) in [6, 6.07) is 0. The third-order valence-electron chi connectivity index (χ3n) is 6.04. The van der Waals surface area contributed by atoms with Crippen molar-refractivity contribution in [1.29, 1.82) is 0 Å². The van der Waals surface area contributed by atoms with Crippen LogP contribution in [0, 0.1) is 16.7 Å². The molecule has 0 aliphatic heterocycles. The second-order valence-electron chi connectivity index (χ2n) is 8.25. The number of carbonyl (C=O) groups is 2. The molecule has 25 heavy (non-hydrogen) atoms. The van der Waals surface area contributed by atoms with Crippen molar-refractivity contribution in [3.63, 3.8) is 0 Å². The molecule has 0 aromatic carbocycles. The predicted octanol–water partition coefficient (Wildman–Crippen LogP) is 2.55. The molecular weight excluding hydrogens is 360 g/mol. The van der Waals surface area contributed by atoms with Crippen molar-refractivity contribution in [3.05, 3.63) is 0 Å². The Hall–Kier alpha value is -0.400. The van der Waals surface area contributed by atoms with Crippen molar-refractivity contribution in [2.24, 2.45) is 16.7 Å². The molecule has 0 radical (unpaired) electrons. The van der Waals surface area contributed by atoms with E-state index in [9.17, 15) is 22.6 Å². The first-order chi connectivity index (χ1) is 11.3. The van der Waals surface area contributed by atoms with Gasteiger partial charge in [0.2, 0.25) is 0 Å². The van der Waals surface area contributed by atoms with Crippen LogP contribution in [0.3, 0.4) is 0 Å². The fourth-order valence-corrected chi connectivity index (χ4v) is 6.29. The molecule has 146 valence electrons. The summed E-state index contributed by atoms with van der Waals surface area (Å²) in [5, 5.41) is -1.30. The van der Waals surface area contributed by atoms with E-state index in [1.54, 1.807) is 6.92 Å². The number of ketones is 2. The lowest BCUT2D eigenvalue weighted by atomic mass is 9.70. The molecule has 0 amide bonds. The summed E-state index contributed by atoms with van der Waals surface area (Å²) in [5.41, 5.74) is -0.994. The Morgan fingerprint density at radius 3 is 2.16 bits per heavy atom. The van der Waals surface area contributed by atoms with Crippen molar-refractivity contribution in [2.75, 3.05) is 18.3 Å². The van der Waals surface area contributed by atoms with Gasteiger partial charge in [-0.2, -0.15) is 0 Å². The summed E-state index contributed by atoms with van der Waals surface area (Å²) in [6.45, 7) is 7.70. The average molecular weight is 393 g/mol. The average Bonchev–Trinajstić information content (AvgIpc) is 2.76. The van der Waals surface area contributed by atoms with Gasteiger partial charge in [-0.1, -0.05) is 34.1 Å². The Balaban J connectivity index is 0.000000275. The van der Waals surface area contributed by atoms with Gasteiger partial charge < -0.3 is 4.55 Å². The fraction of sp³-hybridized carbons (Fsp3) is 0.889. The van der Waals surface area contributed by atoms with Gasteiger partial charge in [-0.05, 0) is 41.5 Å². The summed E-state index contributed by atoms with van der Waals surface area (Å²) in [6.07, 6.45) is 8.59. The molecule has 7 heteroatoms. The zero-order valence-corrected chi connectivity index (χ0v) is 17.9. The first-order valence-electron chi connectivity index (χ1n) is 8.84. The summed E-state index contributed by atoms with van der Waals surface area (Å²) >= 11 is 0. The van der Waals surface area contributed by atoms with Gasteiger partial charge in [-0.3, -0.25) is 9.59 Å². The molecule has 2 bridgehead atoms. The minimum atomic E-state index is -4.49. The Morgan fingerprint density at radius 2 is 1.84 bits per heavy atom. The number of rotatable bonds is 6. The van der Waals surface area contributed by atoms with E-state index in [1.807, 2.05) is 13.8 Å². The zero-order valence-electron chi connectivity index (χ0n) is 16.3. The van der Waals surface area contributed by atoms with E-state index in [2.05, 4.69) is 19.4 Å². The summed E-state index contributed by atoms with van der Waals surface area (Å²) in [5.74, 6) is 0.575. The molecule has 0 saturated heterocycles. The van der Waals surface area contributed by atoms with Gasteiger partial charge >= 0.3 is 0 Å². The van der Waals surface area contributed by atoms with Crippen molar-refractivity contribution < 1.29 is 22.6 Å². The molecule has 3 unspecified atom stereocenters. The zero-order chi connectivity index (χ0) is 19.6. The fourth-order valence-electron chi connectivity index (χ4n) is 4.10. The lowest BCUT2D eigenvalue weighted by Crippen LogP contribution is -2.38. The number of hydrogen-bond donors (Lipinski definition) is 0. The third kappa shape index (κ3) is 4.66. The molecule has 0 aromatic heterocycles. The largest absolute Gasteiger partial charge is 0.747 e. The first kappa shape index (κ1) is 22.6. The minimum Gasteiger partial charge on any atom is -0.747 e. The molecule has 5 nitrogen and oxygen atoms in total. The molecule has 2 fully saturated rings. The molecule has 2 aliphatic rings. The Labute approximate surface area is 155 Å². The standard InChI is InChI=1S/C10H16O4S.C8H17OS/c1-9(2)6-4-5-10(9,3)8(11)7(6)15(12,13)14;1-4-5-6-8(9)7-10(2)3/h6-7H,4-5H2,1-3H3,(H,12,13,14);4-7H2,1-3H3/q;+1/p-1. The highest BCUT2D eigenvalue weighted by molar-refractivity contribution is 7.96. The van der Waals surface area contributed by atoms with Crippen molar-refractivity contribution >= 4 is 32.6 Å². The van der Waals surface area contributed by atoms with Crippen LogP contribution in [0.4, 0.5) is 0 Å². The Kier molecular flexibility index (Phi) is 7.33. The van der Waals surface area contributed by atoms with Crippen molar-refractivity contribution in [3.8, 4) is 0 Å². The lowest BCUT2D eigenvalue weighted by molar-refractivity contribution is -0.128. The van der Waals surface area contributed by atoms with Crippen LogP contribution in [-0.2, 0) is 30.6 Å². The number of Topliss-reactive ketones (excluding diaryl/α,β-unsaturated/α-hetero) is 2. The maximum atomic E-state index is 12.0. The van der Waals surface area contributed by atoms with Gasteiger partial charge in [-0.15, -0.1) is 0 Å². The predicted molar refractivity (Wildman–Crippen MR) is 102 cm³/mol. The normalized spacial score (nSPS) is 30.3. The Morgan fingerprint density at radius 1 is 1.28 bits per heavy atom. The van der Waals surface area contributed by atoms with Crippen LogP contribution in [0.2, 0.25) is 0 Å². The number of carbonyl (C=O) groups excluding carboxylic acids is 2. The molecule has 2 rings (SSSR count). The SMILES string of the molecule is CC12CCC(C(S(=O)(=O)[O-])C1=O)C2(C)C.CCCCC(=O)C[S+](C)C. The summed E-state index contributed by atoms with van der Waals surface area (Å²) in [7, 11) is -4.19. The van der Waals surface area contributed by atoms with E-state index < -0.39 is 20.8 Å². The molecule has 3 atom stereocenters. The second kappa shape index (κ2) is 8.09. The maximum absolute atomic E-state index is 12.0.